The summed E-state index contributed by atoms with van der Waals surface area (Å²) in [6.07, 6.45) is 1.93. The molecular formula is C13H19BrN2O. The monoisotopic (exact) mass is 298 g/mol. The third kappa shape index (κ3) is 3.44. The van der Waals surface area contributed by atoms with Gasteiger partial charge >= 0.3 is 0 Å². The van der Waals surface area contributed by atoms with Crippen LogP contribution < -0.4 is 5.73 Å². The lowest BCUT2D eigenvalue weighted by atomic mass is 9.95. The summed E-state index contributed by atoms with van der Waals surface area (Å²) in [5.74, 6) is 0. The van der Waals surface area contributed by atoms with Gasteiger partial charge in [-0.2, -0.15) is 0 Å². The molecule has 1 aliphatic heterocycles. The van der Waals surface area contributed by atoms with Crippen molar-refractivity contribution in [2.24, 2.45) is 0 Å². The number of piperidine rings is 1. The molecule has 0 aliphatic carbocycles. The van der Waals surface area contributed by atoms with Crippen LogP contribution in [0.5, 0.6) is 0 Å². The van der Waals surface area contributed by atoms with Gasteiger partial charge in [0.05, 0.1) is 5.60 Å². The zero-order valence-electron chi connectivity index (χ0n) is 10.1. The summed E-state index contributed by atoms with van der Waals surface area (Å²) in [5.41, 5.74) is 7.37. The van der Waals surface area contributed by atoms with Crippen molar-refractivity contribution in [1.29, 1.82) is 0 Å². The van der Waals surface area contributed by atoms with Gasteiger partial charge in [0.25, 0.3) is 0 Å². The number of rotatable bonds is 2. The molecule has 0 saturated carbocycles. The highest BCUT2D eigenvalue weighted by molar-refractivity contribution is 9.10. The predicted octanol–water partition coefficient (Wildman–Crippen LogP) is 2.38. The van der Waals surface area contributed by atoms with Gasteiger partial charge in [-0.3, -0.25) is 4.90 Å². The fourth-order valence-corrected chi connectivity index (χ4v) is 2.79. The number of benzene rings is 1. The Morgan fingerprint density at radius 3 is 2.94 bits per heavy atom. The first-order chi connectivity index (χ1) is 7.96. The average Bonchev–Trinajstić information content (AvgIpc) is 2.21. The van der Waals surface area contributed by atoms with E-state index in [-0.39, 0.29) is 0 Å². The molecule has 0 radical (unpaired) electrons. The third-order valence-electron chi connectivity index (χ3n) is 3.26. The second kappa shape index (κ2) is 4.96. The average molecular weight is 299 g/mol. The van der Waals surface area contributed by atoms with E-state index in [0.29, 0.717) is 0 Å². The van der Waals surface area contributed by atoms with Gasteiger partial charge in [-0.05, 0) is 44.0 Å². The van der Waals surface area contributed by atoms with Gasteiger partial charge in [-0.25, -0.2) is 0 Å². The maximum atomic E-state index is 10.1. The van der Waals surface area contributed by atoms with E-state index in [2.05, 4.69) is 20.8 Å². The lowest BCUT2D eigenvalue weighted by molar-refractivity contribution is -0.0180. The SMILES string of the molecule is CC1(O)CCCN(Cc2ccc(Br)cc2N)C1. The summed E-state index contributed by atoms with van der Waals surface area (Å²) in [6.45, 7) is 4.48. The van der Waals surface area contributed by atoms with Gasteiger partial charge in [0, 0.05) is 23.2 Å². The first kappa shape index (κ1) is 12.9. The summed E-state index contributed by atoms with van der Waals surface area (Å²) in [4.78, 5) is 2.27. The highest BCUT2D eigenvalue weighted by Gasteiger charge is 2.28. The van der Waals surface area contributed by atoms with Crippen LogP contribution in [0.25, 0.3) is 0 Å². The number of nitrogens with two attached hydrogens (primary N) is 1. The van der Waals surface area contributed by atoms with E-state index in [9.17, 15) is 5.11 Å². The van der Waals surface area contributed by atoms with Crippen molar-refractivity contribution in [2.45, 2.75) is 31.9 Å². The van der Waals surface area contributed by atoms with Crippen LogP contribution in [0.2, 0.25) is 0 Å². The molecule has 1 aromatic rings. The van der Waals surface area contributed by atoms with E-state index in [4.69, 9.17) is 5.73 Å². The summed E-state index contributed by atoms with van der Waals surface area (Å²) in [6, 6.07) is 5.98. The number of likely N-dealkylation sites (tertiary alicyclic amines) is 1. The highest BCUT2D eigenvalue weighted by Crippen LogP contribution is 2.24. The van der Waals surface area contributed by atoms with Crippen LogP contribution in [-0.2, 0) is 6.54 Å². The molecule has 2 rings (SSSR count). The minimum Gasteiger partial charge on any atom is -0.398 e. The minimum absolute atomic E-state index is 0.553. The van der Waals surface area contributed by atoms with Crippen LogP contribution in [0.3, 0.4) is 0 Å². The van der Waals surface area contributed by atoms with Crippen LogP contribution in [0.1, 0.15) is 25.3 Å². The first-order valence-electron chi connectivity index (χ1n) is 5.95. The van der Waals surface area contributed by atoms with Gasteiger partial charge < -0.3 is 10.8 Å². The summed E-state index contributed by atoms with van der Waals surface area (Å²) in [7, 11) is 0. The van der Waals surface area contributed by atoms with Gasteiger partial charge in [0.1, 0.15) is 0 Å². The molecule has 4 heteroatoms. The van der Waals surface area contributed by atoms with Crippen molar-refractivity contribution in [2.75, 3.05) is 18.8 Å². The van der Waals surface area contributed by atoms with E-state index in [1.807, 2.05) is 25.1 Å². The maximum absolute atomic E-state index is 10.1. The summed E-state index contributed by atoms with van der Waals surface area (Å²) < 4.78 is 1.00. The molecule has 1 heterocycles. The van der Waals surface area contributed by atoms with Crippen molar-refractivity contribution >= 4 is 21.6 Å². The predicted molar refractivity (Wildman–Crippen MR) is 73.7 cm³/mol. The molecule has 0 bridgehead atoms. The first-order valence-corrected chi connectivity index (χ1v) is 6.74. The molecule has 1 aliphatic rings. The van der Waals surface area contributed by atoms with Crippen molar-refractivity contribution in [3.8, 4) is 0 Å². The zero-order valence-corrected chi connectivity index (χ0v) is 11.7. The minimum atomic E-state index is -0.553. The van der Waals surface area contributed by atoms with Crippen molar-refractivity contribution in [3.05, 3.63) is 28.2 Å². The Morgan fingerprint density at radius 1 is 1.53 bits per heavy atom. The Hall–Kier alpha value is -0.580. The van der Waals surface area contributed by atoms with Crippen LogP contribution in [0.4, 0.5) is 5.69 Å². The highest BCUT2D eigenvalue weighted by atomic mass is 79.9. The molecule has 0 spiro atoms. The fraction of sp³-hybridized carbons (Fsp3) is 0.538. The Morgan fingerprint density at radius 2 is 2.29 bits per heavy atom. The Bertz CT molecular complexity index is 406. The Labute approximate surface area is 111 Å². The zero-order chi connectivity index (χ0) is 12.5. The molecule has 1 atom stereocenters. The van der Waals surface area contributed by atoms with E-state index in [1.165, 1.54) is 0 Å². The standard InChI is InChI=1S/C13H19BrN2O/c1-13(17)5-2-6-16(9-13)8-10-3-4-11(14)7-12(10)15/h3-4,7,17H,2,5-6,8-9,15H2,1H3. The Balaban J connectivity index is 2.05. The molecule has 1 saturated heterocycles. The number of anilines is 1. The van der Waals surface area contributed by atoms with Gasteiger partial charge in [0.2, 0.25) is 0 Å². The molecule has 0 amide bonds. The van der Waals surface area contributed by atoms with Crippen LogP contribution in [0.15, 0.2) is 22.7 Å². The van der Waals surface area contributed by atoms with Crippen molar-refractivity contribution in [1.82, 2.24) is 4.90 Å². The van der Waals surface area contributed by atoms with E-state index in [0.717, 1.165) is 48.2 Å². The van der Waals surface area contributed by atoms with E-state index < -0.39 is 5.60 Å². The van der Waals surface area contributed by atoms with Crippen LogP contribution >= 0.6 is 15.9 Å². The molecule has 0 aromatic heterocycles. The topological polar surface area (TPSA) is 49.5 Å². The number of nitrogen functional groups attached to an aromatic ring is 1. The van der Waals surface area contributed by atoms with Crippen LogP contribution in [-0.4, -0.2) is 28.7 Å². The molecule has 1 fully saturated rings. The number of nitrogens with zero attached hydrogens (tertiary/aromatic N) is 1. The largest absolute Gasteiger partial charge is 0.398 e. The molecule has 17 heavy (non-hydrogen) atoms. The van der Waals surface area contributed by atoms with Crippen molar-refractivity contribution in [3.63, 3.8) is 0 Å². The molecule has 1 aromatic carbocycles. The van der Waals surface area contributed by atoms with Crippen molar-refractivity contribution < 1.29 is 5.11 Å². The number of hydrogen-bond acceptors (Lipinski definition) is 3. The number of halogens is 1. The van der Waals surface area contributed by atoms with Gasteiger partial charge in [0.15, 0.2) is 0 Å². The molecular weight excluding hydrogens is 280 g/mol. The van der Waals surface area contributed by atoms with E-state index >= 15 is 0 Å². The molecule has 3 nitrogen and oxygen atoms in total. The lowest BCUT2D eigenvalue weighted by Crippen LogP contribution is -2.45. The van der Waals surface area contributed by atoms with Gasteiger partial charge in [-0.15, -0.1) is 0 Å². The second-order valence-electron chi connectivity index (χ2n) is 5.15. The molecule has 94 valence electrons. The summed E-state index contributed by atoms with van der Waals surface area (Å²) in [5, 5.41) is 10.1. The van der Waals surface area contributed by atoms with Gasteiger partial charge in [-0.1, -0.05) is 22.0 Å². The quantitative estimate of drug-likeness (QED) is 0.824. The smallest absolute Gasteiger partial charge is 0.0746 e. The van der Waals surface area contributed by atoms with Crippen LogP contribution in [0, 0.1) is 0 Å². The molecule has 3 N–H and O–H groups in total. The third-order valence-corrected chi connectivity index (χ3v) is 3.75. The lowest BCUT2D eigenvalue weighted by Gasteiger charge is -2.37. The normalized spacial score (nSPS) is 26.1. The summed E-state index contributed by atoms with van der Waals surface area (Å²) >= 11 is 3.41. The Kier molecular flexibility index (Phi) is 3.76. The maximum Gasteiger partial charge on any atom is 0.0746 e. The molecule has 1 unspecified atom stereocenters. The number of hydrogen-bond donors (Lipinski definition) is 2. The van der Waals surface area contributed by atoms with E-state index in [1.54, 1.807) is 0 Å². The number of β-amino-alcohol motifs (C(OH)–C–C–N with tert-alkyl or cyclic N) is 1. The number of aliphatic hydroxyl groups is 1. The fourth-order valence-electron chi connectivity index (χ4n) is 2.41. The second-order valence-corrected chi connectivity index (χ2v) is 6.07.